The molecule has 0 bridgehead atoms. The SMILES string of the molecule is CCCCCCCCCCCCC(=O)OC[C@@H](COC(=O)CCCCCCCCCCCCCC(C)C)OC(=O)CCCCCCC. The predicted octanol–water partition coefficient (Wildman–Crippen LogP) is 12.4. The third-order valence-electron chi connectivity index (χ3n) is 9.04. The van der Waals surface area contributed by atoms with E-state index in [-0.39, 0.29) is 31.1 Å². The first kappa shape index (κ1) is 45.4. The van der Waals surface area contributed by atoms with E-state index in [9.17, 15) is 14.4 Å². The highest BCUT2D eigenvalue weighted by Gasteiger charge is 2.19. The van der Waals surface area contributed by atoms with Crippen molar-refractivity contribution in [3.8, 4) is 0 Å². The predicted molar refractivity (Wildman–Crippen MR) is 196 cm³/mol. The number of ether oxygens (including phenoxy) is 3. The van der Waals surface area contributed by atoms with Crippen LogP contribution in [0.3, 0.4) is 0 Å². The van der Waals surface area contributed by atoms with Crippen molar-refractivity contribution in [3.63, 3.8) is 0 Å². The first-order valence-electron chi connectivity index (χ1n) is 20.4. The van der Waals surface area contributed by atoms with E-state index in [0.717, 1.165) is 70.1 Å². The van der Waals surface area contributed by atoms with E-state index in [1.807, 2.05) is 0 Å². The highest BCUT2D eigenvalue weighted by atomic mass is 16.6. The van der Waals surface area contributed by atoms with Crippen molar-refractivity contribution in [2.75, 3.05) is 13.2 Å². The van der Waals surface area contributed by atoms with Gasteiger partial charge in [-0.25, -0.2) is 0 Å². The van der Waals surface area contributed by atoms with Crippen LogP contribution in [0, 0.1) is 5.92 Å². The Morgan fingerprint density at radius 1 is 0.404 bits per heavy atom. The van der Waals surface area contributed by atoms with E-state index in [1.54, 1.807) is 0 Å². The number of hydrogen-bond donors (Lipinski definition) is 0. The maximum atomic E-state index is 12.5. The highest BCUT2D eigenvalue weighted by Crippen LogP contribution is 2.15. The Kier molecular flexibility index (Phi) is 34.5. The fourth-order valence-electron chi connectivity index (χ4n) is 5.92. The molecular weight excluding hydrogens is 588 g/mol. The van der Waals surface area contributed by atoms with E-state index in [0.29, 0.717) is 19.3 Å². The number of esters is 3. The topological polar surface area (TPSA) is 78.9 Å². The number of unbranched alkanes of at least 4 members (excludes halogenated alkanes) is 23. The minimum absolute atomic E-state index is 0.0661. The summed E-state index contributed by atoms with van der Waals surface area (Å²) in [6, 6.07) is 0. The van der Waals surface area contributed by atoms with Gasteiger partial charge in [0.25, 0.3) is 0 Å². The van der Waals surface area contributed by atoms with Crippen LogP contribution in [0.15, 0.2) is 0 Å². The molecule has 0 unspecified atom stereocenters. The van der Waals surface area contributed by atoms with Gasteiger partial charge in [0.2, 0.25) is 0 Å². The van der Waals surface area contributed by atoms with Gasteiger partial charge in [-0.1, -0.05) is 182 Å². The summed E-state index contributed by atoms with van der Waals surface area (Å²) < 4.78 is 16.5. The number of rotatable bonds is 36. The van der Waals surface area contributed by atoms with Crippen LogP contribution in [0.1, 0.15) is 220 Å². The summed E-state index contributed by atoms with van der Waals surface area (Å²) in [5, 5.41) is 0. The van der Waals surface area contributed by atoms with Gasteiger partial charge in [-0.15, -0.1) is 0 Å². The zero-order valence-electron chi connectivity index (χ0n) is 31.7. The molecule has 278 valence electrons. The van der Waals surface area contributed by atoms with Crippen molar-refractivity contribution in [2.24, 2.45) is 5.92 Å². The van der Waals surface area contributed by atoms with E-state index in [2.05, 4.69) is 27.7 Å². The summed E-state index contributed by atoms with van der Waals surface area (Å²) in [6.45, 7) is 8.88. The molecule has 0 aliphatic carbocycles. The second-order valence-electron chi connectivity index (χ2n) is 14.4. The van der Waals surface area contributed by atoms with E-state index < -0.39 is 6.10 Å². The molecule has 6 nitrogen and oxygen atoms in total. The summed E-state index contributed by atoms with van der Waals surface area (Å²) >= 11 is 0. The highest BCUT2D eigenvalue weighted by molar-refractivity contribution is 5.71. The summed E-state index contributed by atoms with van der Waals surface area (Å²) in [4.78, 5) is 37.2. The minimum Gasteiger partial charge on any atom is -0.462 e. The molecule has 0 N–H and O–H groups in total. The number of hydrogen-bond acceptors (Lipinski definition) is 6. The Morgan fingerprint density at radius 3 is 1.04 bits per heavy atom. The van der Waals surface area contributed by atoms with Crippen molar-refractivity contribution < 1.29 is 28.6 Å². The molecule has 1 atom stereocenters. The Labute approximate surface area is 291 Å². The van der Waals surface area contributed by atoms with E-state index in [4.69, 9.17) is 14.2 Å². The lowest BCUT2D eigenvalue weighted by Crippen LogP contribution is -2.30. The molecular formula is C41H78O6. The zero-order valence-corrected chi connectivity index (χ0v) is 31.7. The smallest absolute Gasteiger partial charge is 0.306 e. The average molecular weight is 667 g/mol. The van der Waals surface area contributed by atoms with E-state index in [1.165, 1.54) is 109 Å². The molecule has 0 spiro atoms. The van der Waals surface area contributed by atoms with Crippen LogP contribution < -0.4 is 0 Å². The largest absolute Gasteiger partial charge is 0.462 e. The average Bonchev–Trinajstić information content (AvgIpc) is 3.05. The first-order chi connectivity index (χ1) is 22.9. The second-order valence-corrected chi connectivity index (χ2v) is 14.4. The standard InChI is InChI=1S/C41H78O6/c1-5-7-9-11-12-13-18-21-25-28-32-39(42)45-35-38(47-41(44)34-30-23-10-8-6-2)36-46-40(43)33-29-26-22-19-16-14-15-17-20-24-27-31-37(3)4/h37-38H,5-36H2,1-4H3/t38-/m0/s1. The molecule has 6 heteroatoms. The third kappa shape index (κ3) is 35.5. The van der Waals surface area contributed by atoms with Crippen LogP contribution in [-0.2, 0) is 28.6 Å². The fraction of sp³-hybridized carbons (Fsp3) is 0.927. The van der Waals surface area contributed by atoms with Gasteiger partial charge in [0, 0.05) is 19.3 Å². The van der Waals surface area contributed by atoms with Crippen LogP contribution >= 0.6 is 0 Å². The lowest BCUT2D eigenvalue weighted by Gasteiger charge is -2.18. The van der Waals surface area contributed by atoms with Gasteiger partial charge in [0.05, 0.1) is 0 Å². The van der Waals surface area contributed by atoms with Gasteiger partial charge in [0.15, 0.2) is 6.10 Å². The Hall–Kier alpha value is -1.59. The van der Waals surface area contributed by atoms with Crippen LogP contribution in [0.2, 0.25) is 0 Å². The van der Waals surface area contributed by atoms with Crippen LogP contribution in [0.5, 0.6) is 0 Å². The Morgan fingerprint density at radius 2 is 0.702 bits per heavy atom. The summed E-state index contributed by atoms with van der Waals surface area (Å²) in [7, 11) is 0. The lowest BCUT2D eigenvalue weighted by molar-refractivity contribution is -0.167. The normalized spacial score (nSPS) is 11.9. The minimum atomic E-state index is -0.756. The van der Waals surface area contributed by atoms with Crippen LogP contribution in [-0.4, -0.2) is 37.2 Å². The van der Waals surface area contributed by atoms with Crippen molar-refractivity contribution in [2.45, 2.75) is 226 Å². The van der Waals surface area contributed by atoms with Gasteiger partial charge in [-0.2, -0.15) is 0 Å². The number of carbonyl (C=O) groups excluding carboxylic acids is 3. The molecule has 0 saturated carbocycles. The van der Waals surface area contributed by atoms with Crippen LogP contribution in [0.25, 0.3) is 0 Å². The summed E-state index contributed by atoms with van der Waals surface area (Å²) in [5.74, 6) is -0.0501. The molecule has 0 radical (unpaired) electrons. The maximum Gasteiger partial charge on any atom is 0.306 e. The molecule has 47 heavy (non-hydrogen) atoms. The molecule has 0 fully saturated rings. The van der Waals surface area contributed by atoms with Crippen molar-refractivity contribution >= 4 is 17.9 Å². The Balaban J connectivity index is 4.18. The van der Waals surface area contributed by atoms with Crippen LogP contribution in [0.4, 0.5) is 0 Å². The molecule has 0 aliphatic heterocycles. The van der Waals surface area contributed by atoms with E-state index >= 15 is 0 Å². The maximum absolute atomic E-state index is 12.5. The molecule has 0 aromatic carbocycles. The molecule has 0 aromatic rings. The van der Waals surface area contributed by atoms with Gasteiger partial charge in [-0.3, -0.25) is 14.4 Å². The fourth-order valence-corrected chi connectivity index (χ4v) is 5.92. The van der Waals surface area contributed by atoms with Crippen molar-refractivity contribution in [3.05, 3.63) is 0 Å². The quantitative estimate of drug-likeness (QED) is 0.0376. The summed E-state index contributed by atoms with van der Waals surface area (Å²) in [6.07, 6.45) is 32.6. The third-order valence-corrected chi connectivity index (χ3v) is 9.04. The monoisotopic (exact) mass is 667 g/mol. The molecule has 0 amide bonds. The number of carbonyl (C=O) groups is 3. The first-order valence-corrected chi connectivity index (χ1v) is 20.4. The molecule has 0 rings (SSSR count). The molecule has 0 heterocycles. The Bertz CT molecular complexity index is 706. The summed E-state index contributed by atoms with van der Waals surface area (Å²) in [5.41, 5.74) is 0. The van der Waals surface area contributed by atoms with Gasteiger partial charge < -0.3 is 14.2 Å². The second kappa shape index (κ2) is 35.7. The lowest BCUT2D eigenvalue weighted by atomic mass is 10.0. The van der Waals surface area contributed by atoms with Gasteiger partial charge >= 0.3 is 17.9 Å². The van der Waals surface area contributed by atoms with Crippen molar-refractivity contribution in [1.29, 1.82) is 0 Å². The molecule has 0 aliphatic rings. The van der Waals surface area contributed by atoms with Gasteiger partial charge in [-0.05, 0) is 25.2 Å². The zero-order chi connectivity index (χ0) is 34.6. The molecule has 0 saturated heterocycles. The van der Waals surface area contributed by atoms with Gasteiger partial charge in [0.1, 0.15) is 13.2 Å². The van der Waals surface area contributed by atoms with Crippen molar-refractivity contribution in [1.82, 2.24) is 0 Å². The molecule has 0 aromatic heterocycles.